The first-order valence-corrected chi connectivity index (χ1v) is 9.66. The predicted octanol–water partition coefficient (Wildman–Crippen LogP) is 4.31. The summed E-state index contributed by atoms with van der Waals surface area (Å²) in [6, 6.07) is 11.8. The summed E-state index contributed by atoms with van der Waals surface area (Å²) in [4.78, 5) is -0.0666. The van der Waals surface area contributed by atoms with Crippen LogP contribution in [0.5, 0.6) is 0 Å². The van der Waals surface area contributed by atoms with E-state index in [-0.39, 0.29) is 4.90 Å². The van der Waals surface area contributed by atoms with Gasteiger partial charge in [0.05, 0.1) is 4.90 Å². The van der Waals surface area contributed by atoms with Gasteiger partial charge in [-0.2, -0.15) is 8.42 Å². The van der Waals surface area contributed by atoms with E-state index in [4.69, 9.17) is 27.8 Å². The Kier molecular flexibility index (Phi) is 6.66. The molecule has 2 N–H and O–H groups in total. The minimum absolute atomic E-state index is 0.0666. The molecule has 0 bridgehead atoms. The molecule has 0 spiro atoms. The maximum atomic E-state index is 10.5. The molecule has 0 amide bonds. The third-order valence-electron chi connectivity index (χ3n) is 3.74. The fourth-order valence-corrected chi connectivity index (χ4v) is 3.48. The Morgan fingerprint density at radius 3 is 2.12 bits per heavy atom. The van der Waals surface area contributed by atoms with Gasteiger partial charge in [-0.1, -0.05) is 40.9 Å². The Morgan fingerprint density at radius 2 is 1.67 bits per heavy atom. The molecule has 1 aliphatic heterocycles. The SMILES string of the molecule is Cc1ccc(S(=O)(=O)O)cc1.Clc1cc(Cl)cc(C2CCNC2)c1. The number of nitrogens with one attached hydrogen (secondary N) is 1. The summed E-state index contributed by atoms with van der Waals surface area (Å²) in [6.45, 7) is 3.97. The van der Waals surface area contributed by atoms with Gasteiger partial charge in [0.25, 0.3) is 10.1 Å². The van der Waals surface area contributed by atoms with E-state index in [1.807, 2.05) is 19.1 Å². The van der Waals surface area contributed by atoms with Crippen LogP contribution in [0.1, 0.15) is 23.5 Å². The highest BCUT2D eigenvalue weighted by Crippen LogP contribution is 2.28. The minimum atomic E-state index is -4.02. The summed E-state index contributed by atoms with van der Waals surface area (Å²) in [6.07, 6.45) is 1.18. The lowest BCUT2D eigenvalue weighted by atomic mass is 9.99. The highest BCUT2D eigenvalue weighted by atomic mass is 35.5. The van der Waals surface area contributed by atoms with Crippen LogP contribution in [0.4, 0.5) is 0 Å². The second-order valence-electron chi connectivity index (χ2n) is 5.68. The van der Waals surface area contributed by atoms with Crippen LogP contribution < -0.4 is 5.32 Å². The number of hydrogen-bond acceptors (Lipinski definition) is 3. The van der Waals surface area contributed by atoms with E-state index < -0.39 is 10.1 Å². The Morgan fingerprint density at radius 1 is 1.08 bits per heavy atom. The first-order chi connectivity index (χ1) is 11.3. The van der Waals surface area contributed by atoms with Gasteiger partial charge in [-0.3, -0.25) is 4.55 Å². The van der Waals surface area contributed by atoms with Gasteiger partial charge in [-0.25, -0.2) is 0 Å². The molecule has 1 unspecified atom stereocenters. The average Bonchev–Trinajstić information content (AvgIpc) is 3.00. The van der Waals surface area contributed by atoms with Gasteiger partial charge >= 0.3 is 0 Å². The number of aryl methyl sites for hydroxylation is 1. The van der Waals surface area contributed by atoms with Gasteiger partial charge < -0.3 is 5.32 Å². The molecule has 130 valence electrons. The lowest BCUT2D eigenvalue weighted by Gasteiger charge is -2.09. The monoisotopic (exact) mass is 387 g/mol. The van der Waals surface area contributed by atoms with Gasteiger partial charge in [-0.15, -0.1) is 0 Å². The number of hydrogen-bond donors (Lipinski definition) is 2. The van der Waals surface area contributed by atoms with Crippen molar-refractivity contribution in [3.8, 4) is 0 Å². The summed E-state index contributed by atoms with van der Waals surface area (Å²) in [5.41, 5.74) is 2.21. The highest BCUT2D eigenvalue weighted by Gasteiger charge is 2.17. The van der Waals surface area contributed by atoms with Crippen molar-refractivity contribution in [3.63, 3.8) is 0 Å². The van der Waals surface area contributed by atoms with Crippen LogP contribution in [0.15, 0.2) is 47.4 Å². The van der Waals surface area contributed by atoms with Crippen LogP contribution in [0.25, 0.3) is 0 Å². The van der Waals surface area contributed by atoms with E-state index in [1.165, 1.54) is 24.1 Å². The van der Waals surface area contributed by atoms with Crippen molar-refractivity contribution in [2.75, 3.05) is 13.1 Å². The first-order valence-electron chi connectivity index (χ1n) is 7.46. The van der Waals surface area contributed by atoms with E-state index in [1.54, 1.807) is 18.2 Å². The zero-order valence-electron chi connectivity index (χ0n) is 13.2. The Labute approximate surface area is 152 Å². The van der Waals surface area contributed by atoms with Crippen molar-refractivity contribution in [2.24, 2.45) is 0 Å². The van der Waals surface area contributed by atoms with Crippen molar-refractivity contribution >= 4 is 33.3 Å². The molecule has 0 aromatic heterocycles. The summed E-state index contributed by atoms with van der Waals surface area (Å²) in [7, 11) is -4.02. The van der Waals surface area contributed by atoms with Crippen LogP contribution in [-0.2, 0) is 10.1 Å². The summed E-state index contributed by atoms with van der Waals surface area (Å²) >= 11 is 11.8. The van der Waals surface area contributed by atoms with Crippen molar-refractivity contribution in [2.45, 2.75) is 24.2 Å². The lowest BCUT2D eigenvalue weighted by Crippen LogP contribution is -2.07. The Bertz CT molecular complexity index is 766. The molecule has 1 saturated heterocycles. The van der Waals surface area contributed by atoms with Crippen LogP contribution in [0, 0.1) is 6.92 Å². The minimum Gasteiger partial charge on any atom is -0.316 e. The smallest absolute Gasteiger partial charge is 0.294 e. The van der Waals surface area contributed by atoms with Crippen LogP contribution in [0.2, 0.25) is 10.0 Å². The van der Waals surface area contributed by atoms with Gasteiger partial charge in [-0.05, 0) is 61.7 Å². The number of halogens is 2. The van der Waals surface area contributed by atoms with Crippen LogP contribution in [-0.4, -0.2) is 26.1 Å². The highest BCUT2D eigenvalue weighted by molar-refractivity contribution is 7.85. The zero-order valence-corrected chi connectivity index (χ0v) is 15.5. The molecule has 24 heavy (non-hydrogen) atoms. The molecule has 1 heterocycles. The standard InChI is InChI=1S/C10H11Cl2N.C7H8O3S/c11-9-3-8(4-10(12)5-9)7-1-2-13-6-7;1-6-2-4-7(5-3-6)11(8,9)10/h3-5,7,13H,1-2,6H2;2-5H,1H3,(H,8,9,10). The molecule has 0 radical (unpaired) electrons. The fourth-order valence-electron chi connectivity index (χ4n) is 2.46. The van der Waals surface area contributed by atoms with Crippen molar-refractivity contribution < 1.29 is 13.0 Å². The predicted molar refractivity (Wildman–Crippen MR) is 97.7 cm³/mol. The Hall–Kier alpha value is -1.11. The molecule has 0 saturated carbocycles. The van der Waals surface area contributed by atoms with E-state index in [0.29, 0.717) is 5.92 Å². The van der Waals surface area contributed by atoms with Gasteiger partial charge in [0.2, 0.25) is 0 Å². The molecule has 0 aliphatic carbocycles. The molecule has 1 atom stereocenters. The van der Waals surface area contributed by atoms with E-state index in [0.717, 1.165) is 28.7 Å². The zero-order chi connectivity index (χ0) is 17.7. The second-order valence-corrected chi connectivity index (χ2v) is 7.98. The summed E-state index contributed by atoms with van der Waals surface area (Å²) in [5, 5.41) is 4.79. The molecular weight excluding hydrogens is 369 g/mol. The summed E-state index contributed by atoms with van der Waals surface area (Å²) < 4.78 is 29.6. The maximum absolute atomic E-state index is 10.5. The lowest BCUT2D eigenvalue weighted by molar-refractivity contribution is 0.483. The normalized spacial score (nSPS) is 17.2. The molecule has 3 rings (SSSR count). The first kappa shape index (κ1) is 19.2. The van der Waals surface area contributed by atoms with E-state index in [9.17, 15) is 8.42 Å². The van der Waals surface area contributed by atoms with Gasteiger partial charge in [0, 0.05) is 16.6 Å². The molecule has 1 aliphatic rings. The fraction of sp³-hybridized carbons (Fsp3) is 0.294. The number of rotatable bonds is 2. The van der Waals surface area contributed by atoms with Crippen LogP contribution >= 0.6 is 23.2 Å². The molecule has 4 nitrogen and oxygen atoms in total. The van der Waals surface area contributed by atoms with Crippen molar-refractivity contribution in [1.29, 1.82) is 0 Å². The summed E-state index contributed by atoms with van der Waals surface area (Å²) in [5.74, 6) is 0.580. The topological polar surface area (TPSA) is 66.4 Å². The van der Waals surface area contributed by atoms with Crippen LogP contribution in [0.3, 0.4) is 0 Å². The molecule has 2 aromatic rings. The Balaban J connectivity index is 0.000000177. The van der Waals surface area contributed by atoms with Gasteiger partial charge in [0.1, 0.15) is 0 Å². The molecule has 7 heteroatoms. The van der Waals surface area contributed by atoms with E-state index >= 15 is 0 Å². The second kappa shape index (κ2) is 8.32. The van der Waals surface area contributed by atoms with Crippen molar-refractivity contribution in [1.82, 2.24) is 5.32 Å². The quantitative estimate of drug-likeness (QED) is 0.753. The van der Waals surface area contributed by atoms with Crippen molar-refractivity contribution in [3.05, 3.63) is 63.6 Å². The molecular formula is C17H19Cl2NO3S. The number of benzene rings is 2. The van der Waals surface area contributed by atoms with E-state index in [2.05, 4.69) is 5.32 Å². The largest absolute Gasteiger partial charge is 0.316 e. The van der Waals surface area contributed by atoms with Gasteiger partial charge in [0.15, 0.2) is 0 Å². The molecule has 2 aromatic carbocycles. The maximum Gasteiger partial charge on any atom is 0.294 e. The third kappa shape index (κ3) is 5.76. The molecule has 1 fully saturated rings. The third-order valence-corrected chi connectivity index (χ3v) is 5.04. The average molecular weight is 388 g/mol.